The van der Waals surface area contributed by atoms with Crippen molar-refractivity contribution in [1.82, 2.24) is 0 Å². The predicted molar refractivity (Wildman–Crippen MR) is 263 cm³/mol. The second-order valence-corrected chi connectivity index (χ2v) is 20.3. The average molecular weight is 819 g/mol. The first-order chi connectivity index (χ1) is 30.9. The molecule has 0 amide bonds. The Kier molecular flexibility index (Phi) is 9.19. The predicted octanol–water partition coefficient (Wildman–Crippen LogP) is 16.4. The van der Waals surface area contributed by atoms with Gasteiger partial charge in [0.05, 0.1) is 0 Å². The Bertz CT molecular complexity index is 2760. The van der Waals surface area contributed by atoms with E-state index in [-0.39, 0.29) is 10.8 Å². The summed E-state index contributed by atoms with van der Waals surface area (Å²) < 4.78 is 0. The molecular formula is C61H58N2. The van der Waals surface area contributed by atoms with E-state index in [4.69, 9.17) is 0 Å². The Labute approximate surface area is 375 Å². The quantitative estimate of drug-likeness (QED) is 0.134. The van der Waals surface area contributed by atoms with Crippen LogP contribution >= 0.6 is 0 Å². The van der Waals surface area contributed by atoms with Crippen molar-refractivity contribution in [3.05, 3.63) is 216 Å². The van der Waals surface area contributed by atoms with Crippen molar-refractivity contribution in [3.63, 3.8) is 0 Å². The molecule has 4 bridgehead atoms. The van der Waals surface area contributed by atoms with E-state index in [2.05, 4.69) is 212 Å². The fourth-order valence-corrected chi connectivity index (χ4v) is 13.6. The van der Waals surface area contributed by atoms with Gasteiger partial charge >= 0.3 is 0 Å². The number of allylic oxidation sites excluding steroid dienone is 2. The molecule has 0 saturated heterocycles. The minimum absolute atomic E-state index is 0.0696. The lowest BCUT2D eigenvalue weighted by Gasteiger charge is -2.57. The summed E-state index contributed by atoms with van der Waals surface area (Å²) >= 11 is 0. The lowest BCUT2D eigenvalue weighted by Crippen LogP contribution is -2.48. The molecular weight excluding hydrogens is 761 g/mol. The zero-order chi connectivity index (χ0) is 42.2. The molecule has 2 heteroatoms. The van der Waals surface area contributed by atoms with Crippen LogP contribution in [0.25, 0.3) is 11.1 Å². The van der Waals surface area contributed by atoms with Crippen molar-refractivity contribution in [2.45, 2.75) is 87.9 Å². The first-order valence-electron chi connectivity index (χ1n) is 23.8. The van der Waals surface area contributed by atoms with Gasteiger partial charge in [-0.15, -0.1) is 0 Å². The molecule has 2 nitrogen and oxygen atoms in total. The van der Waals surface area contributed by atoms with Gasteiger partial charge in [0.2, 0.25) is 0 Å². The fraction of sp³-hybridized carbons (Fsp3) is 0.279. The van der Waals surface area contributed by atoms with Crippen molar-refractivity contribution in [2.75, 3.05) is 9.80 Å². The van der Waals surface area contributed by atoms with E-state index in [1.54, 1.807) is 5.56 Å². The molecule has 1 unspecified atom stereocenters. The second-order valence-electron chi connectivity index (χ2n) is 20.3. The van der Waals surface area contributed by atoms with Crippen LogP contribution in [0.2, 0.25) is 0 Å². The van der Waals surface area contributed by atoms with Gasteiger partial charge in [-0.2, -0.15) is 0 Å². The molecule has 6 aliphatic rings. The number of nitrogens with zero attached hydrogens (tertiary/aromatic N) is 2. The van der Waals surface area contributed by atoms with Crippen LogP contribution in [-0.2, 0) is 16.2 Å². The van der Waals surface area contributed by atoms with E-state index < -0.39 is 0 Å². The summed E-state index contributed by atoms with van der Waals surface area (Å²) in [6.45, 7) is 4.73. The van der Waals surface area contributed by atoms with Crippen LogP contribution in [0.3, 0.4) is 0 Å². The van der Waals surface area contributed by atoms with Gasteiger partial charge in [0.15, 0.2) is 0 Å². The summed E-state index contributed by atoms with van der Waals surface area (Å²) in [6.07, 6.45) is 16.9. The van der Waals surface area contributed by atoms with Gasteiger partial charge in [0.1, 0.15) is 0 Å². The van der Waals surface area contributed by atoms with Crippen molar-refractivity contribution in [2.24, 2.45) is 17.8 Å². The number of hydrogen-bond donors (Lipinski definition) is 0. The van der Waals surface area contributed by atoms with Crippen molar-refractivity contribution < 1.29 is 0 Å². The maximum absolute atomic E-state index is 2.49. The third-order valence-corrected chi connectivity index (χ3v) is 16.3. The topological polar surface area (TPSA) is 6.48 Å². The summed E-state index contributed by atoms with van der Waals surface area (Å²) in [6, 6.07) is 66.6. The van der Waals surface area contributed by atoms with E-state index in [0.717, 1.165) is 48.4 Å². The molecule has 7 aromatic rings. The first-order valence-corrected chi connectivity index (χ1v) is 23.8. The molecule has 7 aromatic carbocycles. The highest BCUT2D eigenvalue weighted by atomic mass is 15.1. The smallest absolute Gasteiger partial charge is 0.0465 e. The number of para-hydroxylation sites is 2. The third-order valence-electron chi connectivity index (χ3n) is 16.3. The summed E-state index contributed by atoms with van der Waals surface area (Å²) in [7, 11) is 0. The van der Waals surface area contributed by atoms with Gasteiger partial charge in [-0.25, -0.2) is 0 Å². The molecule has 0 aliphatic heterocycles. The molecule has 312 valence electrons. The number of hydrogen-bond acceptors (Lipinski definition) is 2. The maximum atomic E-state index is 2.49. The normalized spacial score (nSPS) is 24.8. The second kappa shape index (κ2) is 15.0. The fourth-order valence-electron chi connectivity index (χ4n) is 13.6. The van der Waals surface area contributed by atoms with Crippen LogP contribution in [0.5, 0.6) is 0 Å². The highest BCUT2D eigenvalue weighted by molar-refractivity contribution is 5.85. The van der Waals surface area contributed by atoms with Crippen molar-refractivity contribution >= 4 is 34.1 Å². The third kappa shape index (κ3) is 6.43. The molecule has 0 spiro atoms. The van der Waals surface area contributed by atoms with Gasteiger partial charge in [0, 0.05) is 45.0 Å². The van der Waals surface area contributed by atoms with Crippen molar-refractivity contribution in [3.8, 4) is 11.1 Å². The number of benzene rings is 7. The zero-order valence-corrected chi connectivity index (χ0v) is 36.9. The largest absolute Gasteiger partial charge is 0.311 e. The molecule has 6 aliphatic carbocycles. The van der Waals surface area contributed by atoms with E-state index >= 15 is 0 Å². The monoisotopic (exact) mass is 818 g/mol. The molecule has 1 atom stereocenters. The number of fused-ring (bicyclic) bond motifs is 3. The van der Waals surface area contributed by atoms with E-state index in [0.29, 0.717) is 5.41 Å². The highest BCUT2D eigenvalue weighted by Gasteiger charge is 2.51. The average Bonchev–Trinajstić information content (AvgIpc) is 3.55. The van der Waals surface area contributed by atoms with E-state index in [9.17, 15) is 0 Å². The molecule has 0 heterocycles. The minimum Gasteiger partial charge on any atom is -0.311 e. The minimum atomic E-state index is -0.201. The van der Waals surface area contributed by atoms with Crippen LogP contribution in [0.4, 0.5) is 34.1 Å². The number of anilines is 6. The zero-order valence-electron chi connectivity index (χ0n) is 36.9. The first kappa shape index (κ1) is 38.5. The Hall–Kier alpha value is -6.12. The summed E-state index contributed by atoms with van der Waals surface area (Å²) in [4.78, 5) is 4.87. The lowest BCUT2D eigenvalue weighted by atomic mass is 9.48. The van der Waals surface area contributed by atoms with Gasteiger partial charge in [-0.3, -0.25) is 0 Å². The van der Waals surface area contributed by atoms with Crippen molar-refractivity contribution in [1.29, 1.82) is 0 Å². The van der Waals surface area contributed by atoms with E-state index in [1.807, 2.05) is 0 Å². The molecule has 0 radical (unpaired) electrons. The maximum Gasteiger partial charge on any atom is 0.0465 e. The highest BCUT2D eigenvalue weighted by Crippen LogP contribution is 2.61. The lowest BCUT2D eigenvalue weighted by molar-refractivity contribution is -0.00518. The van der Waals surface area contributed by atoms with Crippen LogP contribution in [0.1, 0.15) is 99.5 Å². The molecule has 63 heavy (non-hydrogen) atoms. The Balaban J connectivity index is 0.874. The van der Waals surface area contributed by atoms with Crippen LogP contribution in [0.15, 0.2) is 188 Å². The Morgan fingerprint density at radius 3 is 1.40 bits per heavy atom. The summed E-state index contributed by atoms with van der Waals surface area (Å²) in [5.74, 6) is 2.84. The molecule has 4 saturated carbocycles. The Morgan fingerprint density at radius 1 is 0.429 bits per heavy atom. The van der Waals surface area contributed by atoms with Gasteiger partial charge in [0.25, 0.3) is 0 Å². The van der Waals surface area contributed by atoms with Crippen LogP contribution in [-0.4, -0.2) is 0 Å². The van der Waals surface area contributed by atoms with Gasteiger partial charge in [-0.1, -0.05) is 129 Å². The van der Waals surface area contributed by atoms with Crippen LogP contribution in [0, 0.1) is 17.8 Å². The molecule has 0 aromatic heterocycles. The molecule has 4 fully saturated rings. The number of rotatable bonds is 9. The standard InChI is InChI=1S/C61H58N2/c1-59(2)57-19-11-10-18-55(57)56-33-32-54(39-58(56)59)63(50-16-8-4-9-17-50)53-30-24-48(25-31-53)61(34-12-5-13-35-61)47-22-28-52(29-23-47)62(49-14-6-3-7-15-49)51-26-20-46(21-27-51)60-40-43-36-44(41-60)38-45(37-43)42-60/h3-4,6-12,14-34,39,43-45H,5,13,35-38,40-42H2,1-2H3. The Morgan fingerprint density at radius 2 is 0.873 bits per heavy atom. The molecule has 13 rings (SSSR count). The van der Waals surface area contributed by atoms with Crippen LogP contribution < -0.4 is 9.80 Å². The van der Waals surface area contributed by atoms with Gasteiger partial charge in [-0.05, 0) is 193 Å². The molecule has 0 N–H and O–H groups in total. The SMILES string of the molecule is CC1(C)c2ccccc2-c2ccc(N(c3ccccc3)c3ccc(C4(c5ccc(N(c6ccccc6)c6ccc(C78CC9CC(CC(C9)C7)C8)cc6)cc5)C=CCCC4)cc3)cc21. The summed E-state index contributed by atoms with van der Waals surface area (Å²) in [5, 5.41) is 0. The summed E-state index contributed by atoms with van der Waals surface area (Å²) in [5.41, 5.74) is 17.0. The van der Waals surface area contributed by atoms with E-state index in [1.165, 1.54) is 94.7 Å². The van der Waals surface area contributed by atoms with Gasteiger partial charge < -0.3 is 9.80 Å².